The predicted octanol–water partition coefficient (Wildman–Crippen LogP) is 3.28. The molecule has 0 radical (unpaired) electrons. The Labute approximate surface area is 145 Å². The highest BCUT2D eigenvalue weighted by atomic mass is 16.5. The molecule has 128 valence electrons. The van der Waals surface area contributed by atoms with Crippen LogP contribution in [0.4, 0.5) is 4.79 Å². The lowest BCUT2D eigenvalue weighted by atomic mass is 9.98. The average Bonchev–Trinajstić information content (AvgIpc) is 3.08. The first-order chi connectivity index (χ1) is 12.3. The third-order valence-corrected chi connectivity index (χ3v) is 4.47. The van der Waals surface area contributed by atoms with E-state index >= 15 is 0 Å². The number of aromatic amines is 1. The van der Waals surface area contributed by atoms with Gasteiger partial charge in [0.15, 0.2) is 0 Å². The first kappa shape index (κ1) is 15.5. The Morgan fingerprint density at radius 2 is 2.16 bits per heavy atom. The number of nitrogens with one attached hydrogen (secondary N) is 3. The minimum absolute atomic E-state index is 0.0659. The average molecular weight is 336 g/mol. The summed E-state index contributed by atoms with van der Waals surface area (Å²) < 4.78 is 6.01. The van der Waals surface area contributed by atoms with Crippen LogP contribution in [0.2, 0.25) is 0 Å². The first-order valence-electron chi connectivity index (χ1n) is 8.48. The Kier molecular flexibility index (Phi) is 4.24. The van der Waals surface area contributed by atoms with E-state index in [-0.39, 0.29) is 12.1 Å². The van der Waals surface area contributed by atoms with E-state index < -0.39 is 0 Å². The van der Waals surface area contributed by atoms with Gasteiger partial charge in [-0.25, -0.2) is 4.79 Å². The van der Waals surface area contributed by atoms with Gasteiger partial charge in [-0.3, -0.25) is 5.10 Å². The molecule has 1 aliphatic rings. The summed E-state index contributed by atoms with van der Waals surface area (Å²) in [7, 11) is 0. The van der Waals surface area contributed by atoms with Crippen LogP contribution in [0.1, 0.15) is 30.1 Å². The van der Waals surface area contributed by atoms with Gasteiger partial charge in [0.1, 0.15) is 5.75 Å². The SMILES string of the molecule is O=C(NCc1ccn[nH]1)NC1CCCOc2c1ccc1ccccc21. The standard InChI is InChI=1S/C19H20N4O2/c24-19(20-12-14-9-10-21-23-14)22-17-6-3-11-25-18-15-5-2-1-4-13(15)7-8-16(17)18/h1-2,4-5,7-10,17H,3,6,11-12H2,(H,21,23)(H2,20,22,24). The second-order valence-corrected chi connectivity index (χ2v) is 6.16. The van der Waals surface area contributed by atoms with Crippen molar-refractivity contribution in [3.63, 3.8) is 0 Å². The van der Waals surface area contributed by atoms with Gasteiger partial charge < -0.3 is 15.4 Å². The number of hydrogen-bond donors (Lipinski definition) is 3. The molecule has 3 aromatic rings. The number of carbonyl (C=O) groups excluding carboxylic acids is 1. The number of ether oxygens (including phenoxy) is 1. The molecule has 6 nitrogen and oxygen atoms in total. The van der Waals surface area contributed by atoms with Crippen molar-refractivity contribution in [1.82, 2.24) is 20.8 Å². The zero-order valence-electron chi connectivity index (χ0n) is 13.8. The van der Waals surface area contributed by atoms with Crippen LogP contribution in [0, 0.1) is 0 Å². The third kappa shape index (κ3) is 3.28. The van der Waals surface area contributed by atoms with Crippen LogP contribution in [-0.2, 0) is 6.54 Å². The number of rotatable bonds is 3. The molecule has 2 aromatic carbocycles. The Morgan fingerprint density at radius 1 is 1.24 bits per heavy atom. The van der Waals surface area contributed by atoms with Crippen LogP contribution >= 0.6 is 0 Å². The van der Waals surface area contributed by atoms with E-state index in [0.29, 0.717) is 13.2 Å². The molecule has 3 N–H and O–H groups in total. The van der Waals surface area contributed by atoms with Gasteiger partial charge in [-0.15, -0.1) is 0 Å². The van der Waals surface area contributed by atoms with Gasteiger partial charge in [0, 0.05) is 17.1 Å². The molecule has 0 spiro atoms. The molecular formula is C19H20N4O2. The summed E-state index contributed by atoms with van der Waals surface area (Å²) in [5.41, 5.74) is 1.90. The van der Waals surface area contributed by atoms with Crippen LogP contribution in [0.15, 0.2) is 48.7 Å². The molecular weight excluding hydrogens is 316 g/mol. The molecule has 2 heterocycles. The predicted molar refractivity (Wildman–Crippen MR) is 95.4 cm³/mol. The van der Waals surface area contributed by atoms with Crippen LogP contribution in [0.25, 0.3) is 10.8 Å². The summed E-state index contributed by atoms with van der Waals surface area (Å²) in [6.07, 6.45) is 3.41. The first-order valence-corrected chi connectivity index (χ1v) is 8.48. The minimum Gasteiger partial charge on any atom is -0.493 e. The zero-order chi connectivity index (χ0) is 17.1. The van der Waals surface area contributed by atoms with E-state index in [2.05, 4.69) is 45.1 Å². The summed E-state index contributed by atoms with van der Waals surface area (Å²) >= 11 is 0. The van der Waals surface area contributed by atoms with Crippen molar-refractivity contribution in [2.75, 3.05) is 6.61 Å². The van der Waals surface area contributed by atoms with E-state index in [1.54, 1.807) is 6.20 Å². The quantitative estimate of drug-likeness (QED) is 0.687. The van der Waals surface area contributed by atoms with Crippen molar-refractivity contribution in [2.24, 2.45) is 0 Å². The van der Waals surface area contributed by atoms with Crippen molar-refractivity contribution in [2.45, 2.75) is 25.4 Å². The Balaban J connectivity index is 1.54. The van der Waals surface area contributed by atoms with Gasteiger partial charge in [0.05, 0.1) is 24.9 Å². The van der Waals surface area contributed by atoms with Crippen molar-refractivity contribution in [3.8, 4) is 5.75 Å². The molecule has 0 bridgehead atoms. The molecule has 1 unspecified atom stereocenters. The molecule has 1 aromatic heterocycles. The molecule has 1 aliphatic heterocycles. The number of H-pyrrole nitrogens is 1. The molecule has 2 amide bonds. The highest BCUT2D eigenvalue weighted by Gasteiger charge is 2.23. The Bertz CT molecular complexity index is 876. The highest BCUT2D eigenvalue weighted by Crippen LogP contribution is 2.37. The van der Waals surface area contributed by atoms with Gasteiger partial charge in [-0.05, 0) is 24.3 Å². The number of urea groups is 1. The van der Waals surface area contributed by atoms with Crippen LogP contribution in [-0.4, -0.2) is 22.8 Å². The lowest BCUT2D eigenvalue weighted by molar-refractivity contribution is 0.235. The normalized spacial score (nSPS) is 16.6. The van der Waals surface area contributed by atoms with Gasteiger partial charge in [-0.1, -0.05) is 36.4 Å². The number of aromatic nitrogens is 2. The smallest absolute Gasteiger partial charge is 0.315 e. The molecule has 25 heavy (non-hydrogen) atoms. The van der Waals surface area contributed by atoms with Crippen LogP contribution in [0.5, 0.6) is 5.75 Å². The van der Waals surface area contributed by atoms with Crippen molar-refractivity contribution < 1.29 is 9.53 Å². The lowest BCUT2D eigenvalue weighted by Crippen LogP contribution is -2.37. The van der Waals surface area contributed by atoms with Crippen LogP contribution < -0.4 is 15.4 Å². The van der Waals surface area contributed by atoms with Crippen molar-refractivity contribution >= 4 is 16.8 Å². The van der Waals surface area contributed by atoms with E-state index in [1.165, 1.54) is 0 Å². The maximum Gasteiger partial charge on any atom is 0.315 e. The number of hydrogen-bond acceptors (Lipinski definition) is 3. The Hall–Kier alpha value is -3.02. The number of fused-ring (bicyclic) bond motifs is 3. The second kappa shape index (κ2) is 6.84. The fourth-order valence-corrected chi connectivity index (χ4v) is 3.23. The molecule has 0 saturated carbocycles. The van der Waals surface area contributed by atoms with Gasteiger partial charge in [0.25, 0.3) is 0 Å². The molecule has 1 atom stereocenters. The summed E-state index contributed by atoms with van der Waals surface area (Å²) in [5.74, 6) is 0.884. The van der Waals surface area contributed by atoms with Gasteiger partial charge in [0.2, 0.25) is 0 Å². The molecule has 6 heteroatoms. The fourth-order valence-electron chi connectivity index (χ4n) is 3.23. The number of benzene rings is 2. The lowest BCUT2D eigenvalue weighted by Gasteiger charge is -2.19. The molecule has 4 rings (SSSR count). The largest absolute Gasteiger partial charge is 0.493 e. The third-order valence-electron chi connectivity index (χ3n) is 4.47. The number of nitrogens with zero attached hydrogens (tertiary/aromatic N) is 1. The Morgan fingerprint density at radius 3 is 3.04 bits per heavy atom. The van der Waals surface area contributed by atoms with E-state index in [4.69, 9.17) is 4.74 Å². The molecule has 0 aliphatic carbocycles. The van der Waals surface area contributed by atoms with E-state index in [0.717, 1.165) is 40.6 Å². The monoisotopic (exact) mass is 336 g/mol. The highest BCUT2D eigenvalue weighted by molar-refractivity contribution is 5.90. The number of carbonyl (C=O) groups is 1. The van der Waals surface area contributed by atoms with Crippen molar-refractivity contribution in [3.05, 3.63) is 59.9 Å². The van der Waals surface area contributed by atoms with Crippen LogP contribution in [0.3, 0.4) is 0 Å². The summed E-state index contributed by atoms with van der Waals surface area (Å²) in [4.78, 5) is 12.3. The summed E-state index contributed by atoms with van der Waals surface area (Å²) in [5, 5.41) is 14.9. The van der Waals surface area contributed by atoms with E-state index in [9.17, 15) is 4.79 Å². The zero-order valence-corrected chi connectivity index (χ0v) is 13.8. The summed E-state index contributed by atoms with van der Waals surface area (Å²) in [6.45, 7) is 1.08. The maximum atomic E-state index is 12.3. The minimum atomic E-state index is -0.194. The van der Waals surface area contributed by atoms with Gasteiger partial charge in [-0.2, -0.15) is 5.10 Å². The fraction of sp³-hybridized carbons (Fsp3) is 0.263. The molecule has 0 saturated heterocycles. The number of amides is 2. The van der Waals surface area contributed by atoms with Crippen molar-refractivity contribution in [1.29, 1.82) is 0 Å². The van der Waals surface area contributed by atoms with Gasteiger partial charge >= 0.3 is 6.03 Å². The summed E-state index contributed by atoms with van der Waals surface area (Å²) in [6, 6.07) is 13.9. The second-order valence-electron chi connectivity index (χ2n) is 6.16. The molecule has 0 fully saturated rings. The van der Waals surface area contributed by atoms with E-state index in [1.807, 2.05) is 18.2 Å². The topological polar surface area (TPSA) is 79.0 Å². The maximum absolute atomic E-state index is 12.3.